The first kappa shape index (κ1) is 25.4. The number of ether oxygens (including phenoxy) is 2. The number of carbonyl (C=O) groups is 1. The number of hydrogen-bond donors (Lipinski definition) is 3. The van der Waals surface area contributed by atoms with Crippen LogP contribution in [0.1, 0.15) is 40.2 Å². The Bertz CT molecular complexity index is 729. The molecule has 0 atom stereocenters. The van der Waals surface area contributed by atoms with Gasteiger partial charge in [0.15, 0.2) is 12.6 Å². The van der Waals surface area contributed by atoms with Gasteiger partial charge in [-0.1, -0.05) is 18.2 Å². The van der Waals surface area contributed by atoms with Crippen LogP contribution in [-0.2, 0) is 11.3 Å². The van der Waals surface area contributed by atoms with Crippen LogP contribution in [0.15, 0.2) is 29.3 Å². The SMILES string of the molecule is CN=C(NCc1ccccc1OCC(F)(F)F)NCC(C)(C)NC(=O)OC(C)(C)C. The molecular weight excluding hydrogens is 401 g/mol. The summed E-state index contributed by atoms with van der Waals surface area (Å²) < 4.78 is 47.4. The second kappa shape index (κ2) is 10.4. The van der Waals surface area contributed by atoms with Crippen LogP contribution in [0.25, 0.3) is 0 Å². The Labute approximate surface area is 175 Å². The lowest BCUT2D eigenvalue weighted by atomic mass is 10.1. The van der Waals surface area contributed by atoms with Crippen LogP contribution in [0.3, 0.4) is 0 Å². The summed E-state index contributed by atoms with van der Waals surface area (Å²) >= 11 is 0. The molecule has 0 aliphatic carbocycles. The van der Waals surface area contributed by atoms with Crippen LogP contribution in [0, 0.1) is 0 Å². The number of amides is 1. The van der Waals surface area contributed by atoms with E-state index in [0.29, 0.717) is 18.1 Å². The molecule has 30 heavy (non-hydrogen) atoms. The van der Waals surface area contributed by atoms with Crippen molar-refractivity contribution in [2.24, 2.45) is 4.99 Å². The molecule has 170 valence electrons. The molecule has 1 amide bonds. The van der Waals surface area contributed by atoms with Gasteiger partial charge in [-0.15, -0.1) is 0 Å². The van der Waals surface area contributed by atoms with E-state index in [-0.39, 0.29) is 12.3 Å². The molecule has 0 aliphatic rings. The van der Waals surface area contributed by atoms with Gasteiger partial charge in [0, 0.05) is 25.7 Å². The van der Waals surface area contributed by atoms with Gasteiger partial charge in [-0.2, -0.15) is 13.2 Å². The quantitative estimate of drug-likeness (QED) is 0.453. The molecule has 0 spiro atoms. The van der Waals surface area contributed by atoms with E-state index in [9.17, 15) is 18.0 Å². The number of alkyl halides is 3. The van der Waals surface area contributed by atoms with Crippen LogP contribution in [0.4, 0.5) is 18.0 Å². The molecule has 0 fully saturated rings. The maximum absolute atomic E-state index is 12.4. The number of carbonyl (C=O) groups excluding carboxylic acids is 1. The average molecular weight is 432 g/mol. The van der Waals surface area contributed by atoms with Crippen molar-refractivity contribution in [2.45, 2.75) is 58.5 Å². The Morgan fingerprint density at radius 3 is 2.27 bits per heavy atom. The number of halogens is 3. The van der Waals surface area contributed by atoms with Crippen molar-refractivity contribution in [3.8, 4) is 5.75 Å². The fourth-order valence-corrected chi connectivity index (χ4v) is 2.28. The fourth-order valence-electron chi connectivity index (χ4n) is 2.28. The second-order valence-corrected chi connectivity index (χ2v) is 8.30. The fraction of sp³-hybridized carbons (Fsp3) is 0.600. The largest absolute Gasteiger partial charge is 0.484 e. The van der Waals surface area contributed by atoms with Gasteiger partial charge in [-0.25, -0.2) is 4.79 Å². The first-order chi connectivity index (χ1) is 13.7. The van der Waals surface area contributed by atoms with Gasteiger partial charge >= 0.3 is 12.3 Å². The van der Waals surface area contributed by atoms with E-state index in [4.69, 9.17) is 9.47 Å². The number of rotatable bonds is 7. The summed E-state index contributed by atoms with van der Waals surface area (Å²) in [5, 5.41) is 8.87. The molecule has 0 unspecified atom stereocenters. The summed E-state index contributed by atoms with van der Waals surface area (Å²) in [5.74, 6) is 0.560. The van der Waals surface area contributed by atoms with Crippen molar-refractivity contribution >= 4 is 12.1 Å². The highest BCUT2D eigenvalue weighted by Gasteiger charge is 2.29. The number of para-hydroxylation sites is 1. The van der Waals surface area contributed by atoms with E-state index in [1.807, 2.05) is 13.8 Å². The smallest absolute Gasteiger partial charge is 0.422 e. The van der Waals surface area contributed by atoms with E-state index >= 15 is 0 Å². The maximum Gasteiger partial charge on any atom is 0.422 e. The number of guanidine groups is 1. The summed E-state index contributed by atoms with van der Waals surface area (Å²) in [6.45, 7) is 8.14. The maximum atomic E-state index is 12.4. The van der Waals surface area contributed by atoms with Crippen LogP contribution >= 0.6 is 0 Å². The molecule has 1 aromatic carbocycles. The molecule has 0 aliphatic heterocycles. The van der Waals surface area contributed by atoms with Crippen molar-refractivity contribution in [3.05, 3.63) is 29.8 Å². The van der Waals surface area contributed by atoms with Crippen molar-refractivity contribution in [2.75, 3.05) is 20.2 Å². The van der Waals surface area contributed by atoms with Crippen LogP contribution < -0.4 is 20.7 Å². The first-order valence-electron chi connectivity index (χ1n) is 9.44. The summed E-state index contributed by atoms with van der Waals surface area (Å²) in [7, 11) is 1.57. The topological polar surface area (TPSA) is 84.0 Å². The molecular formula is C20H31F3N4O3. The zero-order chi connectivity index (χ0) is 23.0. The summed E-state index contributed by atoms with van der Waals surface area (Å²) in [6.07, 6.45) is -4.95. The number of aliphatic imine (C=N–C) groups is 1. The predicted octanol–water partition coefficient (Wildman–Crippen LogP) is 3.60. The summed E-state index contributed by atoms with van der Waals surface area (Å²) in [5.41, 5.74) is -0.698. The van der Waals surface area contributed by atoms with Crippen molar-refractivity contribution < 1.29 is 27.4 Å². The number of hydrogen-bond acceptors (Lipinski definition) is 4. The first-order valence-corrected chi connectivity index (χ1v) is 9.44. The molecule has 3 N–H and O–H groups in total. The third-order valence-electron chi connectivity index (χ3n) is 3.57. The van der Waals surface area contributed by atoms with E-state index in [1.54, 1.807) is 46.0 Å². The highest BCUT2D eigenvalue weighted by Crippen LogP contribution is 2.22. The number of nitrogens with one attached hydrogen (secondary N) is 3. The van der Waals surface area contributed by atoms with E-state index < -0.39 is 30.0 Å². The van der Waals surface area contributed by atoms with Gasteiger partial charge < -0.3 is 25.4 Å². The molecule has 7 nitrogen and oxygen atoms in total. The minimum absolute atomic E-state index is 0.143. The minimum atomic E-state index is -4.41. The minimum Gasteiger partial charge on any atom is -0.484 e. The predicted molar refractivity (Wildman–Crippen MR) is 110 cm³/mol. The van der Waals surface area contributed by atoms with Gasteiger partial charge in [0.2, 0.25) is 0 Å². The zero-order valence-corrected chi connectivity index (χ0v) is 18.2. The zero-order valence-electron chi connectivity index (χ0n) is 18.2. The van der Waals surface area contributed by atoms with Crippen LogP contribution in [0.2, 0.25) is 0 Å². The third kappa shape index (κ3) is 10.8. The van der Waals surface area contributed by atoms with Gasteiger partial charge in [-0.05, 0) is 40.7 Å². The molecule has 0 saturated carbocycles. The highest BCUT2D eigenvalue weighted by molar-refractivity contribution is 5.80. The molecule has 0 radical (unpaired) electrons. The van der Waals surface area contributed by atoms with Crippen LogP contribution in [0.5, 0.6) is 5.75 Å². The lowest BCUT2D eigenvalue weighted by Gasteiger charge is -2.29. The van der Waals surface area contributed by atoms with E-state index in [2.05, 4.69) is 20.9 Å². The van der Waals surface area contributed by atoms with Crippen LogP contribution in [-0.4, -0.2) is 49.6 Å². The molecule has 1 aromatic rings. The second-order valence-electron chi connectivity index (χ2n) is 8.30. The Hall–Kier alpha value is -2.65. The number of benzene rings is 1. The van der Waals surface area contributed by atoms with Gasteiger partial charge in [0.1, 0.15) is 11.4 Å². The molecule has 0 heterocycles. The molecule has 0 aromatic heterocycles. The van der Waals surface area contributed by atoms with Crippen molar-refractivity contribution in [1.29, 1.82) is 0 Å². The Balaban J connectivity index is 2.61. The normalized spacial score (nSPS) is 12.9. The number of nitrogens with zero attached hydrogens (tertiary/aromatic N) is 1. The van der Waals surface area contributed by atoms with Crippen molar-refractivity contribution in [1.82, 2.24) is 16.0 Å². The van der Waals surface area contributed by atoms with Gasteiger partial charge in [0.25, 0.3) is 0 Å². The third-order valence-corrected chi connectivity index (χ3v) is 3.57. The molecule has 0 bridgehead atoms. The highest BCUT2D eigenvalue weighted by atomic mass is 19.4. The molecule has 0 saturated heterocycles. The van der Waals surface area contributed by atoms with Crippen molar-refractivity contribution in [3.63, 3.8) is 0 Å². The molecule has 10 heteroatoms. The molecule has 1 rings (SSSR count). The number of alkyl carbamates (subject to hydrolysis) is 1. The Kier molecular flexibility index (Phi) is 8.80. The van der Waals surface area contributed by atoms with Gasteiger partial charge in [0.05, 0.1) is 5.54 Å². The summed E-state index contributed by atoms with van der Waals surface area (Å²) in [6, 6.07) is 6.46. The average Bonchev–Trinajstić information content (AvgIpc) is 2.58. The monoisotopic (exact) mass is 432 g/mol. The van der Waals surface area contributed by atoms with Gasteiger partial charge in [-0.3, -0.25) is 4.99 Å². The van der Waals surface area contributed by atoms with E-state index in [0.717, 1.165) is 0 Å². The summed E-state index contributed by atoms with van der Waals surface area (Å²) in [4.78, 5) is 16.1. The Morgan fingerprint density at radius 2 is 1.70 bits per heavy atom. The lowest BCUT2D eigenvalue weighted by molar-refractivity contribution is -0.153. The van der Waals surface area contributed by atoms with E-state index in [1.165, 1.54) is 6.07 Å². The standard InChI is InChI=1S/C20H31F3N4O3/c1-18(2,3)30-17(28)27-19(4,5)12-26-16(24-6)25-11-14-9-7-8-10-15(14)29-13-20(21,22)23/h7-10H,11-13H2,1-6H3,(H,27,28)(H2,24,25,26). The lowest BCUT2D eigenvalue weighted by Crippen LogP contribution is -2.54. The Morgan fingerprint density at radius 1 is 1.07 bits per heavy atom.